The van der Waals surface area contributed by atoms with Crippen LogP contribution in [0.3, 0.4) is 0 Å². The van der Waals surface area contributed by atoms with E-state index in [0.29, 0.717) is 19.3 Å². The number of carbonyl (C=O) groups is 2. The minimum Gasteiger partial charge on any atom is -0.462 e. The SMILES string of the molecule is CCCCCCCCCCCCCCCCCCCC(=O)OC(CCCCCCCCCCCCCCCC)CC(=O)NC(CO)C(O)CCCCCCCCCCCCCCC. The Kier molecular flexibility index (Phi) is 50.9. The summed E-state index contributed by atoms with van der Waals surface area (Å²) in [6.45, 7) is 6.53. The van der Waals surface area contributed by atoms with Crippen molar-refractivity contribution in [3.63, 3.8) is 0 Å². The Morgan fingerprint density at radius 2 is 0.667 bits per heavy atom. The number of hydrogen-bond donors (Lipinski definition) is 3. The van der Waals surface area contributed by atoms with Crippen molar-refractivity contribution in [3.05, 3.63) is 0 Å². The number of aliphatic hydroxyl groups excluding tert-OH is 2. The van der Waals surface area contributed by atoms with E-state index >= 15 is 0 Å². The van der Waals surface area contributed by atoms with E-state index in [1.807, 2.05) is 0 Å². The first kappa shape index (κ1) is 61.9. The molecule has 0 aromatic heterocycles. The van der Waals surface area contributed by atoms with Gasteiger partial charge in [-0.05, 0) is 25.7 Å². The van der Waals surface area contributed by atoms with Gasteiger partial charge in [0.1, 0.15) is 6.10 Å². The lowest BCUT2D eigenvalue weighted by Crippen LogP contribution is -2.46. The molecular formula is C57H113NO5. The Bertz CT molecular complexity index is 913. The third kappa shape index (κ3) is 47.2. The molecule has 0 aliphatic heterocycles. The number of esters is 1. The number of rotatable bonds is 53. The van der Waals surface area contributed by atoms with Gasteiger partial charge in [-0.25, -0.2) is 0 Å². The Labute approximate surface area is 394 Å². The van der Waals surface area contributed by atoms with Gasteiger partial charge in [-0.15, -0.1) is 0 Å². The van der Waals surface area contributed by atoms with Crippen molar-refractivity contribution < 1.29 is 24.5 Å². The van der Waals surface area contributed by atoms with Crippen LogP contribution in [0.2, 0.25) is 0 Å². The lowest BCUT2D eigenvalue weighted by atomic mass is 10.0. The van der Waals surface area contributed by atoms with Crippen LogP contribution in [0, 0.1) is 0 Å². The fraction of sp³-hybridized carbons (Fsp3) is 0.965. The third-order valence-corrected chi connectivity index (χ3v) is 13.7. The summed E-state index contributed by atoms with van der Waals surface area (Å²) in [7, 11) is 0. The molecule has 376 valence electrons. The van der Waals surface area contributed by atoms with E-state index < -0.39 is 18.2 Å². The molecule has 63 heavy (non-hydrogen) atoms. The van der Waals surface area contributed by atoms with Gasteiger partial charge in [-0.1, -0.05) is 290 Å². The molecule has 0 heterocycles. The highest BCUT2D eigenvalue weighted by Crippen LogP contribution is 2.19. The minimum atomic E-state index is -0.779. The zero-order valence-corrected chi connectivity index (χ0v) is 43.0. The molecule has 0 aromatic carbocycles. The molecule has 0 radical (unpaired) electrons. The van der Waals surface area contributed by atoms with Gasteiger partial charge in [-0.3, -0.25) is 9.59 Å². The first-order chi connectivity index (χ1) is 31.0. The van der Waals surface area contributed by atoms with Crippen molar-refractivity contribution in [2.45, 2.75) is 347 Å². The van der Waals surface area contributed by atoms with Crippen LogP contribution in [0.5, 0.6) is 0 Å². The number of aliphatic hydroxyl groups is 2. The molecule has 0 rings (SSSR count). The number of nitrogens with one attached hydrogen (secondary N) is 1. The largest absolute Gasteiger partial charge is 0.462 e. The van der Waals surface area contributed by atoms with Gasteiger partial charge in [0.2, 0.25) is 5.91 Å². The van der Waals surface area contributed by atoms with Crippen molar-refractivity contribution in [3.8, 4) is 0 Å². The standard InChI is InChI=1S/C57H113NO5/c1-4-7-10-13-16-19-22-25-27-28-29-32-35-38-41-44-47-50-57(62)63-53(48-45-42-39-36-33-31-26-23-20-17-14-11-8-5-2)51-56(61)58-54(52-59)55(60)49-46-43-40-37-34-30-24-21-18-15-12-9-6-3/h53-55,59-60H,4-52H2,1-3H3,(H,58,61). The second-order valence-electron chi connectivity index (χ2n) is 20.1. The second kappa shape index (κ2) is 51.8. The molecule has 0 fully saturated rings. The summed E-state index contributed by atoms with van der Waals surface area (Å²) in [5, 5.41) is 23.9. The van der Waals surface area contributed by atoms with Gasteiger partial charge in [0.05, 0.1) is 25.2 Å². The summed E-state index contributed by atoms with van der Waals surface area (Å²) in [5.41, 5.74) is 0. The number of unbranched alkanes of at least 4 members (excludes halogenated alkanes) is 41. The molecule has 0 bridgehead atoms. The fourth-order valence-corrected chi connectivity index (χ4v) is 9.32. The number of amides is 1. The van der Waals surface area contributed by atoms with Crippen molar-refractivity contribution in [1.82, 2.24) is 5.32 Å². The van der Waals surface area contributed by atoms with Gasteiger partial charge < -0.3 is 20.3 Å². The van der Waals surface area contributed by atoms with Crippen molar-refractivity contribution in [2.24, 2.45) is 0 Å². The van der Waals surface area contributed by atoms with Gasteiger partial charge in [0, 0.05) is 6.42 Å². The lowest BCUT2D eigenvalue weighted by Gasteiger charge is -2.24. The van der Waals surface area contributed by atoms with Crippen LogP contribution in [-0.4, -0.2) is 46.9 Å². The van der Waals surface area contributed by atoms with Gasteiger partial charge in [-0.2, -0.15) is 0 Å². The first-order valence-electron chi connectivity index (χ1n) is 28.8. The number of hydrogen-bond acceptors (Lipinski definition) is 5. The van der Waals surface area contributed by atoms with Crippen LogP contribution < -0.4 is 5.32 Å². The Balaban J connectivity index is 4.47. The van der Waals surface area contributed by atoms with Gasteiger partial charge in [0.25, 0.3) is 0 Å². The smallest absolute Gasteiger partial charge is 0.306 e. The monoisotopic (exact) mass is 892 g/mol. The minimum absolute atomic E-state index is 0.0885. The normalized spacial score (nSPS) is 13.0. The highest BCUT2D eigenvalue weighted by Gasteiger charge is 2.24. The predicted octanol–water partition coefficient (Wildman–Crippen LogP) is 17.5. The van der Waals surface area contributed by atoms with E-state index in [4.69, 9.17) is 4.74 Å². The highest BCUT2D eigenvalue weighted by atomic mass is 16.5. The molecule has 0 saturated heterocycles. The van der Waals surface area contributed by atoms with Crippen LogP contribution in [0.1, 0.15) is 329 Å². The van der Waals surface area contributed by atoms with Crippen molar-refractivity contribution >= 4 is 11.9 Å². The molecule has 0 spiro atoms. The lowest BCUT2D eigenvalue weighted by molar-refractivity contribution is -0.151. The van der Waals surface area contributed by atoms with Gasteiger partial charge >= 0.3 is 5.97 Å². The zero-order valence-electron chi connectivity index (χ0n) is 43.0. The topological polar surface area (TPSA) is 95.9 Å². The molecule has 0 aliphatic carbocycles. The molecule has 6 nitrogen and oxygen atoms in total. The van der Waals surface area contributed by atoms with Gasteiger partial charge in [0.15, 0.2) is 0 Å². The third-order valence-electron chi connectivity index (χ3n) is 13.7. The summed E-state index contributed by atoms with van der Waals surface area (Å²) in [5.74, 6) is -0.445. The Morgan fingerprint density at radius 1 is 0.397 bits per heavy atom. The van der Waals surface area contributed by atoms with Crippen molar-refractivity contribution in [2.75, 3.05) is 6.61 Å². The number of ether oxygens (including phenoxy) is 1. The summed E-state index contributed by atoms with van der Waals surface area (Å²) in [4.78, 5) is 26.2. The maximum atomic E-state index is 13.2. The molecule has 6 heteroatoms. The summed E-state index contributed by atoms with van der Waals surface area (Å²) in [6.07, 6.45) is 57.4. The molecule has 1 amide bonds. The summed E-state index contributed by atoms with van der Waals surface area (Å²) >= 11 is 0. The molecule has 0 saturated carbocycles. The van der Waals surface area contributed by atoms with Crippen LogP contribution in [0.4, 0.5) is 0 Å². The quantitative estimate of drug-likeness (QED) is 0.0418. The molecule has 3 N–H and O–H groups in total. The van der Waals surface area contributed by atoms with Crippen LogP contribution in [0.25, 0.3) is 0 Å². The average Bonchev–Trinajstić information content (AvgIpc) is 3.28. The summed E-state index contributed by atoms with van der Waals surface area (Å²) < 4.78 is 5.97. The van der Waals surface area contributed by atoms with E-state index in [9.17, 15) is 19.8 Å². The molecule has 0 aliphatic rings. The molecule has 3 unspecified atom stereocenters. The maximum Gasteiger partial charge on any atom is 0.306 e. The van der Waals surface area contributed by atoms with E-state index in [0.717, 1.165) is 38.5 Å². The Hall–Kier alpha value is -1.14. The average molecular weight is 893 g/mol. The number of carbonyl (C=O) groups excluding carboxylic acids is 2. The highest BCUT2D eigenvalue weighted by molar-refractivity contribution is 5.77. The molecule has 0 aromatic rings. The Morgan fingerprint density at radius 3 is 0.968 bits per heavy atom. The summed E-state index contributed by atoms with van der Waals surface area (Å²) in [6, 6.07) is -0.692. The second-order valence-corrected chi connectivity index (χ2v) is 20.1. The van der Waals surface area contributed by atoms with Crippen LogP contribution >= 0.6 is 0 Å². The fourth-order valence-electron chi connectivity index (χ4n) is 9.32. The van der Waals surface area contributed by atoms with E-state index in [-0.39, 0.29) is 24.9 Å². The van der Waals surface area contributed by atoms with Crippen LogP contribution in [-0.2, 0) is 14.3 Å². The molecule has 3 atom stereocenters. The predicted molar refractivity (Wildman–Crippen MR) is 274 cm³/mol. The van der Waals surface area contributed by atoms with Crippen molar-refractivity contribution in [1.29, 1.82) is 0 Å². The van der Waals surface area contributed by atoms with E-state index in [2.05, 4.69) is 26.1 Å². The zero-order chi connectivity index (χ0) is 45.9. The maximum absolute atomic E-state index is 13.2. The van der Waals surface area contributed by atoms with Crippen LogP contribution in [0.15, 0.2) is 0 Å². The first-order valence-corrected chi connectivity index (χ1v) is 28.8. The van der Waals surface area contributed by atoms with E-state index in [1.165, 1.54) is 244 Å². The van der Waals surface area contributed by atoms with E-state index in [1.54, 1.807) is 0 Å². The molecular weight excluding hydrogens is 779 g/mol.